The Bertz CT molecular complexity index is 588. The molecule has 2 saturated carbocycles. The molecule has 2 rings (SSSR count). The van der Waals surface area contributed by atoms with Gasteiger partial charge in [0.2, 0.25) is 5.92 Å². The molecule has 0 heterocycles. The molecule has 34 heavy (non-hydrogen) atoms. The highest BCUT2D eigenvalue weighted by atomic mass is 19.3. The summed E-state index contributed by atoms with van der Waals surface area (Å²) in [6, 6.07) is 0. The normalized spacial score (nSPS) is 26.8. The van der Waals surface area contributed by atoms with Crippen LogP contribution in [0.3, 0.4) is 0 Å². The summed E-state index contributed by atoms with van der Waals surface area (Å²) in [4.78, 5) is 0. The summed E-state index contributed by atoms with van der Waals surface area (Å²) in [7, 11) is 0. The lowest BCUT2D eigenvalue weighted by Crippen LogP contribution is -2.41. The van der Waals surface area contributed by atoms with Crippen molar-refractivity contribution in [3.05, 3.63) is 0 Å². The first-order valence-corrected chi connectivity index (χ1v) is 14.9. The second kappa shape index (κ2) is 11.9. The predicted octanol–water partition coefficient (Wildman–Crippen LogP) is 11.3. The summed E-state index contributed by atoms with van der Waals surface area (Å²) in [5.41, 5.74) is 1.14. The lowest BCUT2D eigenvalue weighted by Gasteiger charge is -2.50. The third-order valence-corrected chi connectivity index (χ3v) is 10.3. The van der Waals surface area contributed by atoms with E-state index in [1.54, 1.807) is 0 Å². The van der Waals surface area contributed by atoms with Crippen LogP contribution in [-0.2, 0) is 0 Å². The molecular weight excluding hydrogens is 422 g/mol. The number of rotatable bonds is 14. The molecule has 0 N–H and O–H groups in total. The highest BCUT2D eigenvalue weighted by molar-refractivity contribution is 4.94. The van der Waals surface area contributed by atoms with E-state index in [4.69, 9.17) is 0 Å². The van der Waals surface area contributed by atoms with Crippen LogP contribution in [-0.4, -0.2) is 5.92 Å². The van der Waals surface area contributed by atoms with Crippen LogP contribution in [0.25, 0.3) is 0 Å². The van der Waals surface area contributed by atoms with Crippen molar-refractivity contribution in [3.8, 4) is 0 Å². The van der Waals surface area contributed by atoms with Crippen LogP contribution in [0.4, 0.5) is 8.78 Å². The smallest absolute Gasteiger partial charge is 0.207 e. The number of hydrogen-bond acceptors (Lipinski definition) is 0. The summed E-state index contributed by atoms with van der Waals surface area (Å²) in [5.74, 6) is 1.51. The van der Waals surface area contributed by atoms with Gasteiger partial charge in [-0.05, 0) is 97.2 Å². The van der Waals surface area contributed by atoms with Gasteiger partial charge >= 0.3 is 0 Å². The Morgan fingerprint density at radius 3 is 2.00 bits per heavy atom. The van der Waals surface area contributed by atoms with Crippen LogP contribution in [0.15, 0.2) is 0 Å². The number of halogens is 2. The van der Waals surface area contributed by atoms with Crippen molar-refractivity contribution in [3.63, 3.8) is 0 Å². The molecule has 2 fully saturated rings. The van der Waals surface area contributed by atoms with E-state index in [9.17, 15) is 8.78 Å². The molecule has 2 unspecified atom stereocenters. The molecule has 0 nitrogen and oxygen atoms in total. The molecule has 0 aromatic heterocycles. The minimum Gasteiger partial charge on any atom is -0.207 e. The van der Waals surface area contributed by atoms with Gasteiger partial charge in [-0.1, -0.05) is 88.0 Å². The fourth-order valence-corrected chi connectivity index (χ4v) is 7.50. The van der Waals surface area contributed by atoms with Gasteiger partial charge in [-0.3, -0.25) is 0 Å². The topological polar surface area (TPSA) is 0 Å². The minimum atomic E-state index is -2.40. The maximum atomic E-state index is 13.6. The van der Waals surface area contributed by atoms with Gasteiger partial charge in [0, 0.05) is 12.8 Å². The zero-order chi connectivity index (χ0) is 25.8. The van der Waals surface area contributed by atoms with E-state index < -0.39 is 5.92 Å². The average molecular weight is 483 g/mol. The maximum absolute atomic E-state index is 13.6. The molecule has 0 aromatic carbocycles. The molecular formula is C32H60F2. The first-order chi connectivity index (χ1) is 15.6. The Hall–Kier alpha value is -0.140. The van der Waals surface area contributed by atoms with Crippen molar-refractivity contribution < 1.29 is 8.78 Å². The number of hydrogen-bond donors (Lipinski definition) is 0. The summed E-state index contributed by atoms with van der Waals surface area (Å²) >= 11 is 0. The van der Waals surface area contributed by atoms with E-state index in [0.717, 1.165) is 30.1 Å². The summed E-state index contributed by atoms with van der Waals surface area (Å²) in [6.45, 7) is 21.9. The van der Waals surface area contributed by atoms with E-state index >= 15 is 0 Å². The largest absolute Gasteiger partial charge is 0.248 e. The Kier molecular flexibility index (Phi) is 10.6. The Morgan fingerprint density at radius 1 is 0.882 bits per heavy atom. The first kappa shape index (κ1) is 30.1. The molecule has 2 aliphatic rings. The molecule has 202 valence electrons. The molecule has 0 saturated heterocycles. The zero-order valence-electron chi connectivity index (χ0n) is 24.5. The lowest BCUT2D eigenvalue weighted by molar-refractivity contribution is -0.0536. The average Bonchev–Trinajstić information content (AvgIpc) is 2.65. The van der Waals surface area contributed by atoms with Gasteiger partial charge in [0.1, 0.15) is 0 Å². The van der Waals surface area contributed by atoms with Crippen molar-refractivity contribution in [2.75, 3.05) is 0 Å². The van der Waals surface area contributed by atoms with Crippen molar-refractivity contribution in [1.82, 2.24) is 0 Å². The van der Waals surface area contributed by atoms with Gasteiger partial charge in [0.25, 0.3) is 0 Å². The van der Waals surface area contributed by atoms with Crippen molar-refractivity contribution in [2.24, 2.45) is 45.8 Å². The van der Waals surface area contributed by atoms with E-state index in [1.165, 1.54) is 57.8 Å². The summed E-state index contributed by atoms with van der Waals surface area (Å²) < 4.78 is 27.1. The van der Waals surface area contributed by atoms with Crippen molar-refractivity contribution >= 4 is 0 Å². The van der Waals surface area contributed by atoms with Crippen molar-refractivity contribution in [2.45, 2.75) is 158 Å². The van der Waals surface area contributed by atoms with Crippen LogP contribution in [0, 0.1) is 45.8 Å². The molecule has 0 aliphatic heterocycles. The van der Waals surface area contributed by atoms with Gasteiger partial charge in [-0.15, -0.1) is 0 Å². The fourth-order valence-electron chi connectivity index (χ4n) is 7.50. The quantitative estimate of drug-likeness (QED) is 0.231. The van der Waals surface area contributed by atoms with Crippen LogP contribution >= 0.6 is 0 Å². The number of alkyl halides is 2. The Labute approximate surface area is 212 Å². The highest BCUT2D eigenvalue weighted by Crippen LogP contribution is 2.54. The van der Waals surface area contributed by atoms with Gasteiger partial charge in [-0.2, -0.15) is 0 Å². The van der Waals surface area contributed by atoms with E-state index in [0.29, 0.717) is 29.6 Å². The van der Waals surface area contributed by atoms with Gasteiger partial charge < -0.3 is 0 Å². The summed E-state index contributed by atoms with van der Waals surface area (Å²) in [6.07, 6.45) is 15.0. The van der Waals surface area contributed by atoms with Gasteiger partial charge in [-0.25, -0.2) is 8.78 Å². The maximum Gasteiger partial charge on any atom is 0.248 e. The standard InChI is InChI=1S/C32H60F2/c1-10-31(9,17-13-24(2)3)16-11-12-25(4)27-20-28(21-27)30(7,8)23-29(5,6)22-26-14-18-32(33,34)19-15-26/h24-28H,10-23H2,1-9H3/t25?,27-,28-,31?. The van der Waals surface area contributed by atoms with Gasteiger partial charge in [0.05, 0.1) is 0 Å². The summed E-state index contributed by atoms with van der Waals surface area (Å²) in [5, 5.41) is 0. The van der Waals surface area contributed by atoms with E-state index in [1.807, 2.05) is 0 Å². The molecule has 2 atom stereocenters. The minimum absolute atomic E-state index is 0.106. The van der Waals surface area contributed by atoms with Crippen LogP contribution in [0.2, 0.25) is 0 Å². The van der Waals surface area contributed by atoms with Crippen molar-refractivity contribution in [1.29, 1.82) is 0 Å². The lowest BCUT2D eigenvalue weighted by atomic mass is 9.55. The first-order valence-electron chi connectivity index (χ1n) is 14.9. The Morgan fingerprint density at radius 2 is 1.47 bits per heavy atom. The second-order valence-electron chi connectivity index (χ2n) is 15.2. The van der Waals surface area contributed by atoms with E-state index in [-0.39, 0.29) is 18.3 Å². The monoisotopic (exact) mass is 482 g/mol. The third-order valence-electron chi connectivity index (χ3n) is 10.3. The fraction of sp³-hybridized carbons (Fsp3) is 1.00. The zero-order valence-corrected chi connectivity index (χ0v) is 24.5. The van der Waals surface area contributed by atoms with Crippen LogP contribution < -0.4 is 0 Å². The second-order valence-corrected chi connectivity index (χ2v) is 15.2. The molecule has 2 aliphatic carbocycles. The molecule has 0 radical (unpaired) electrons. The SMILES string of the molecule is CCC(C)(CCCC(C)[C@H]1C[C@H](C(C)(C)CC(C)(C)CC2CCC(F)(F)CC2)C1)CCC(C)C. The Balaban J connectivity index is 1.73. The predicted molar refractivity (Wildman–Crippen MR) is 145 cm³/mol. The third kappa shape index (κ3) is 9.38. The van der Waals surface area contributed by atoms with Gasteiger partial charge in [0.15, 0.2) is 0 Å². The highest BCUT2D eigenvalue weighted by Gasteiger charge is 2.44. The van der Waals surface area contributed by atoms with Crippen LogP contribution in [0.5, 0.6) is 0 Å². The molecule has 0 amide bonds. The van der Waals surface area contributed by atoms with E-state index in [2.05, 4.69) is 62.3 Å². The molecule has 0 spiro atoms. The molecule has 0 bridgehead atoms. The van der Waals surface area contributed by atoms with Crippen LogP contribution in [0.1, 0.15) is 152 Å². The molecule has 2 heteroatoms. The molecule has 0 aromatic rings.